The normalized spacial score (nSPS) is 11.0. The second-order valence-corrected chi connectivity index (χ2v) is 5.00. The zero-order chi connectivity index (χ0) is 13.1. The molecule has 0 aliphatic carbocycles. The Morgan fingerprint density at radius 1 is 1.47 bits per heavy atom. The van der Waals surface area contributed by atoms with Crippen LogP contribution in [0.15, 0.2) is 29.9 Å². The van der Waals surface area contributed by atoms with E-state index < -0.39 is 0 Å². The van der Waals surface area contributed by atoms with E-state index in [4.69, 9.17) is 4.74 Å². The van der Waals surface area contributed by atoms with Crippen molar-refractivity contribution >= 4 is 23.1 Å². The van der Waals surface area contributed by atoms with Crippen molar-refractivity contribution in [2.24, 2.45) is 0 Å². The number of hydrogen-bond donors (Lipinski definition) is 1. The van der Waals surface area contributed by atoms with E-state index in [1.54, 1.807) is 29.2 Å². The first-order valence-corrected chi connectivity index (χ1v) is 6.69. The van der Waals surface area contributed by atoms with Crippen molar-refractivity contribution in [3.8, 4) is 0 Å². The largest absolute Gasteiger partial charge is 0.380 e. The predicted molar refractivity (Wildman–Crippen MR) is 73.1 cm³/mol. The fraction of sp³-hybridized carbons (Fsp3) is 0.250. The highest BCUT2D eigenvalue weighted by atomic mass is 32.1. The Bertz CT molecular complexity index is 644. The Labute approximate surface area is 114 Å². The minimum Gasteiger partial charge on any atom is -0.380 e. The maximum Gasteiger partial charge on any atom is 0.253 e. The first kappa shape index (κ1) is 12.1. The molecule has 0 radical (unpaired) electrons. The summed E-state index contributed by atoms with van der Waals surface area (Å²) in [5.74, 6) is 1.18. The fourth-order valence-corrected chi connectivity index (χ4v) is 2.55. The van der Waals surface area contributed by atoms with Gasteiger partial charge in [0, 0.05) is 24.4 Å². The highest BCUT2D eigenvalue weighted by molar-refractivity contribution is 7.10. The molecule has 19 heavy (non-hydrogen) atoms. The molecule has 1 N–H and O–H groups in total. The van der Waals surface area contributed by atoms with Crippen LogP contribution in [0.5, 0.6) is 0 Å². The summed E-state index contributed by atoms with van der Waals surface area (Å²) >= 11 is 1.70. The number of ether oxygens (including phenoxy) is 1. The van der Waals surface area contributed by atoms with Crippen LogP contribution in [-0.2, 0) is 17.9 Å². The van der Waals surface area contributed by atoms with Crippen LogP contribution in [0.2, 0.25) is 0 Å². The Morgan fingerprint density at radius 2 is 2.42 bits per heavy atom. The molecule has 0 aromatic carbocycles. The molecule has 0 spiro atoms. The van der Waals surface area contributed by atoms with E-state index in [-0.39, 0.29) is 0 Å². The van der Waals surface area contributed by atoms with Crippen LogP contribution in [0, 0.1) is 0 Å². The summed E-state index contributed by atoms with van der Waals surface area (Å²) in [5.41, 5.74) is 1.19. The van der Waals surface area contributed by atoms with Gasteiger partial charge >= 0.3 is 0 Å². The highest BCUT2D eigenvalue weighted by Gasteiger charge is 2.04. The van der Waals surface area contributed by atoms with Gasteiger partial charge in [0.25, 0.3) is 5.78 Å². The number of nitrogens with one attached hydrogen (secondary N) is 1. The number of hydrogen-bond acceptors (Lipinski definition) is 6. The van der Waals surface area contributed by atoms with Crippen LogP contribution in [-0.4, -0.2) is 26.7 Å². The van der Waals surface area contributed by atoms with E-state index in [0.29, 0.717) is 24.9 Å². The Kier molecular flexibility index (Phi) is 3.39. The number of rotatable bonds is 5. The topological polar surface area (TPSA) is 64.3 Å². The summed E-state index contributed by atoms with van der Waals surface area (Å²) in [6, 6.07) is 3.94. The van der Waals surface area contributed by atoms with Crippen LogP contribution >= 0.6 is 11.3 Å². The second-order valence-electron chi connectivity index (χ2n) is 4.01. The summed E-state index contributed by atoms with van der Waals surface area (Å²) in [5, 5.41) is 9.57. The summed E-state index contributed by atoms with van der Waals surface area (Å²) in [7, 11) is 1.70. The summed E-state index contributed by atoms with van der Waals surface area (Å²) in [4.78, 5) is 9.62. The molecular formula is C12H13N5OS. The molecule has 7 heteroatoms. The van der Waals surface area contributed by atoms with E-state index in [1.165, 1.54) is 10.4 Å². The van der Waals surface area contributed by atoms with Gasteiger partial charge in [-0.05, 0) is 23.1 Å². The number of thiophene rings is 1. The van der Waals surface area contributed by atoms with Crippen molar-refractivity contribution in [1.82, 2.24) is 19.6 Å². The average Bonchev–Trinajstić information content (AvgIpc) is 3.02. The van der Waals surface area contributed by atoms with Crippen LogP contribution in [0.3, 0.4) is 0 Å². The third-order valence-electron chi connectivity index (χ3n) is 2.56. The third-order valence-corrected chi connectivity index (χ3v) is 3.54. The van der Waals surface area contributed by atoms with E-state index in [0.717, 1.165) is 0 Å². The first-order chi connectivity index (χ1) is 9.35. The lowest BCUT2D eigenvalue weighted by Gasteiger charge is -1.97. The smallest absolute Gasteiger partial charge is 0.253 e. The van der Waals surface area contributed by atoms with E-state index >= 15 is 0 Å². The van der Waals surface area contributed by atoms with Crippen molar-refractivity contribution < 1.29 is 4.74 Å². The monoisotopic (exact) mass is 275 g/mol. The number of methoxy groups -OCH3 is 1. The van der Waals surface area contributed by atoms with Crippen LogP contribution < -0.4 is 5.32 Å². The molecule has 0 saturated carbocycles. The molecule has 0 fully saturated rings. The van der Waals surface area contributed by atoms with Crippen LogP contribution in [0.4, 0.5) is 5.95 Å². The van der Waals surface area contributed by atoms with E-state index in [2.05, 4.69) is 31.8 Å². The Morgan fingerprint density at radius 3 is 3.26 bits per heavy atom. The molecule has 3 aromatic rings. The fourth-order valence-electron chi connectivity index (χ4n) is 1.74. The summed E-state index contributed by atoms with van der Waals surface area (Å²) in [6.07, 6.45) is 3.52. The average molecular weight is 275 g/mol. The third kappa shape index (κ3) is 2.72. The molecule has 0 aliphatic heterocycles. The van der Waals surface area contributed by atoms with Crippen LogP contribution in [0.1, 0.15) is 10.4 Å². The number of nitrogens with zero attached hydrogens (tertiary/aromatic N) is 4. The van der Waals surface area contributed by atoms with Crippen molar-refractivity contribution in [2.45, 2.75) is 13.2 Å². The lowest BCUT2D eigenvalue weighted by Crippen LogP contribution is -1.99. The quantitative estimate of drug-likeness (QED) is 0.771. The maximum atomic E-state index is 5.09. The summed E-state index contributed by atoms with van der Waals surface area (Å²) < 4.78 is 6.74. The molecule has 6 nitrogen and oxygen atoms in total. The van der Waals surface area contributed by atoms with Gasteiger partial charge in [-0.25, -0.2) is 9.50 Å². The Hall–Kier alpha value is -1.99. The van der Waals surface area contributed by atoms with Gasteiger partial charge in [-0.2, -0.15) is 4.98 Å². The molecule has 0 bridgehead atoms. The van der Waals surface area contributed by atoms with Crippen LogP contribution in [0.25, 0.3) is 5.78 Å². The number of aromatic nitrogens is 4. The van der Waals surface area contributed by atoms with Gasteiger partial charge < -0.3 is 10.1 Å². The first-order valence-electron chi connectivity index (χ1n) is 5.81. The van der Waals surface area contributed by atoms with E-state index in [1.807, 2.05) is 12.3 Å². The van der Waals surface area contributed by atoms with Crippen molar-refractivity contribution in [2.75, 3.05) is 12.4 Å². The molecule has 3 aromatic heterocycles. The lowest BCUT2D eigenvalue weighted by molar-refractivity contribution is 0.185. The van der Waals surface area contributed by atoms with Gasteiger partial charge in [-0.3, -0.25) is 0 Å². The van der Waals surface area contributed by atoms with Crippen molar-refractivity contribution in [3.63, 3.8) is 0 Å². The molecule has 0 atom stereocenters. The zero-order valence-corrected chi connectivity index (χ0v) is 11.2. The van der Waals surface area contributed by atoms with Gasteiger partial charge in [0.15, 0.2) is 0 Å². The molecule has 98 valence electrons. The molecule has 3 rings (SSSR count). The molecule has 3 heterocycles. The SMILES string of the molecule is COCc1csc(CNc2nc3ncccn3n2)c1. The standard InChI is InChI=1S/C12H13N5OS/c1-18-7-9-5-10(19-8-9)6-14-11-15-12-13-3-2-4-17(12)16-11/h2-5,8H,6-7H2,1H3,(H,14,16). The van der Waals surface area contributed by atoms with Gasteiger partial charge in [-0.1, -0.05) is 0 Å². The summed E-state index contributed by atoms with van der Waals surface area (Å²) in [6.45, 7) is 1.35. The lowest BCUT2D eigenvalue weighted by atomic mass is 10.3. The molecule has 0 amide bonds. The molecule has 0 unspecified atom stereocenters. The zero-order valence-electron chi connectivity index (χ0n) is 10.4. The number of anilines is 1. The van der Waals surface area contributed by atoms with Gasteiger partial charge in [0.1, 0.15) is 0 Å². The highest BCUT2D eigenvalue weighted by Crippen LogP contribution is 2.16. The minimum absolute atomic E-state index is 0.584. The van der Waals surface area contributed by atoms with E-state index in [9.17, 15) is 0 Å². The minimum atomic E-state index is 0.584. The molecular weight excluding hydrogens is 262 g/mol. The predicted octanol–water partition coefficient (Wildman–Crippen LogP) is 1.94. The molecule has 0 saturated heterocycles. The van der Waals surface area contributed by atoms with Gasteiger partial charge in [0.05, 0.1) is 13.2 Å². The van der Waals surface area contributed by atoms with Gasteiger partial charge in [-0.15, -0.1) is 16.4 Å². The second kappa shape index (κ2) is 5.33. The number of fused-ring (bicyclic) bond motifs is 1. The molecule has 0 aliphatic rings. The Balaban J connectivity index is 1.67. The van der Waals surface area contributed by atoms with Gasteiger partial charge in [0.2, 0.25) is 5.95 Å². The maximum absolute atomic E-state index is 5.09. The van der Waals surface area contributed by atoms with Crippen molar-refractivity contribution in [3.05, 3.63) is 40.3 Å². The van der Waals surface area contributed by atoms with Crippen molar-refractivity contribution in [1.29, 1.82) is 0 Å².